The Labute approximate surface area is 125 Å². The van der Waals surface area contributed by atoms with Crippen LogP contribution in [0.3, 0.4) is 0 Å². The van der Waals surface area contributed by atoms with Crippen LogP contribution in [0.25, 0.3) is 33.2 Å². The van der Waals surface area contributed by atoms with Crippen molar-refractivity contribution in [2.24, 2.45) is 0 Å². The molecule has 0 amide bonds. The van der Waals surface area contributed by atoms with E-state index in [4.69, 9.17) is 4.74 Å². The highest BCUT2D eigenvalue weighted by atomic mass is 16.5. The number of imidazole rings is 1. The summed E-state index contributed by atoms with van der Waals surface area (Å²) in [5, 5.41) is 2.18. The van der Waals surface area contributed by atoms with E-state index >= 15 is 0 Å². The quantitative estimate of drug-likeness (QED) is 0.596. The number of H-pyrrole nitrogens is 2. The van der Waals surface area contributed by atoms with Crippen LogP contribution in [0.5, 0.6) is 5.75 Å². The number of aromatic nitrogens is 3. The number of pyridine rings is 1. The third kappa shape index (κ3) is 1.87. The minimum Gasteiger partial charge on any atom is -0.496 e. The third-order valence-electron chi connectivity index (χ3n) is 3.73. The number of hydrogen-bond acceptors (Lipinski definition) is 3. The monoisotopic (exact) mass is 291 g/mol. The van der Waals surface area contributed by atoms with Crippen molar-refractivity contribution in [2.75, 3.05) is 7.11 Å². The number of ether oxygens (including phenoxy) is 1. The Morgan fingerprint density at radius 1 is 1.09 bits per heavy atom. The van der Waals surface area contributed by atoms with E-state index in [1.165, 1.54) is 0 Å². The number of nitrogens with one attached hydrogen (secondary N) is 2. The summed E-state index contributed by atoms with van der Waals surface area (Å²) >= 11 is 0. The summed E-state index contributed by atoms with van der Waals surface area (Å²) in [6.07, 6.45) is 1.60. The van der Waals surface area contributed by atoms with E-state index in [0.29, 0.717) is 22.6 Å². The second-order valence-corrected chi connectivity index (χ2v) is 5.05. The Balaban J connectivity index is 2.02. The zero-order valence-electron chi connectivity index (χ0n) is 11.9. The Hall–Kier alpha value is -3.08. The van der Waals surface area contributed by atoms with Crippen LogP contribution in [0, 0.1) is 0 Å². The standard InChI is InChI=1S/C17H13N3O2/c1-22-14-9-11-5-3-2-4-10(11)8-12(14)16-19-13-6-7-18-17(21)15(13)20-16/h2-9H,1H3,(H,18,21)(H,19,20). The van der Waals surface area contributed by atoms with E-state index in [9.17, 15) is 4.79 Å². The topological polar surface area (TPSA) is 70.8 Å². The van der Waals surface area contributed by atoms with E-state index in [2.05, 4.69) is 15.0 Å². The molecule has 0 aliphatic carbocycles. The second-order valence-electron chi connectivity index (χ2n) is 5.05. The van der Waals surface area contributed by atoms with Crippen LogP contribution < -0.4 is 10.3 Å². The summed E-state index contributed by atoms with van der Waals surface area (Å²) in [5.74, 6) is 1.34. The van der Waals surface area contributed by atoms with Crippen LogP contribution in [0.1, 0.15) is 0 Å². The fraction of sp³-hybridized carbons (Fsp3) is 0.0588. The first-order chi connectivity index (χ1) is 10.8. The van der Waals surface area contributed by atoms with Crippen LogP contribution in [-0.2, 0) is 0 Å². The Bertz CT molecular complexity index is 1050. The molecule has 0 unspecified atom stereocenters. The molecule has 2 heterocycles. The predicted octanol–water partition coefficient (Wildman–Crippen LogP) is 3.08. The van der Waals surface area contributed by atoms with Gasteiger partial charge in [0.25, 0.3) is 5.56 Å². The van der Waals surface area contributed by atoms with Crippen molar-refractivity contribution in [1.82, 2.24) is 15.0 Å². The molecule has 4 rings (SSSR count). The molecule has 0 aliphatic heterocycles. The third-order valence-corrected chi connectivity index (χ3v) is 3.73. The van der Waals surface area contributed by atoms with Gasteiger partial charge in [0.2, 0.25) is 0 Å². The lowest BCUT2D eigenvalue weighted by Crippen LogP contribution is -2.03. The van der Waals surface area contributed by atoms with Gasteiger partial charge in [0, 0.05) is 6.20 Å². The van der Waals surface area contributed by atoms with Gasteiger partial charge in [0.1, 0.15) is 11.6 Å². The SMILES string of the molecule is COc1cc2ccccc2cc1-c1nc2c(=O)[nH]ccc2[nH]1. The van der Waals surface area contributed by atoms with Gasteiger partial charge in [-0.1, -0.05) is 24.3 Å². The van der Waals surface area contributed by atoms with Gasteiger partial charge in [-0.25, -0.2) is 4.98 Å². The smallest absolute Gasteiger partial charge is 0.276 e. The van der Waals surface area contributed by atoms with Crippen molar-refractivity contribution >= 4 is 21.8 Å². The van der Waals surface area contributed by atoms with Gasteiger partial charge in [0.05, 0.1) is 18.2 Å². The van der Waals surface area contributed by atoms with Gasteiger partial charge in [-0.2, -0.15) is 0 Å². The lowest BCUT2D eigenvalue weighted by Gasteiger charge is -2.08. The van der Waals surface area contributed by atoms with Crippen LogP contribution >= 0.6 is 0 Å². The van der Waals surface area contributed by atoms with Gasteiger partial charge in [0.15, 0.2) is 5.52 Å². The van der Waals surface area contributed by atoms with Crippen molar-refractivity contribution in [2.45, 2.75) is 0 Å². The van der Waals surface area contributed by atoms with E-state index in [1.54, 1.807) is 19.4 Å². The molecule has 5 heteroatoms. The van der Waals surface area contributed by atoms with E-state index < -0.39 is 0 Å². The summed E-state index contributed by atoms with van der Waals surface area (Å²) < 4.78 is 5.49. The zero-order chi connectivity index (χ0) is 15.1. The maximum atomic E-state index is 11.8. The van der Waals surface area contributed by atoms with Crippen molar-refractivity contribution < 1.29 is 4.74 Å². The number of fused-ring (bicyclic) bond motifs is 2. The summed E-state index contributed by atoms with van der Waals surface area (Å²) in [4.78, 5) is 22.0. The number of benzene rings is 2. The van der Waals surface area contributed by atoms with Crippen LogP contribution in [-0.4, -0.2) is 22.1 Å². The molecule has 0 saturated carbocycles. The van der Waals surface area contributed by atoms with Gasteiger partial charge >= 0.3 is 0 Å². The van der Waals surface area contributed by atoms with Gasteiger partial charge < -0.3 is 14.7 Å². The summed E-state index contributed by atoms with van der Waals surface area (Å²) in [6.45, 7) is 0. The average Bonchev–Trinajstić information content (AvgIpc) is 2.99. The Morgan fingerprint density at radius 3 is 2.59 bits per heavy atom. The maximum Gasteiger partial charge on any atom is 0.276 e. The lowest BCUT2D eigenvalue weighted by atomic mass is 10.1. The minimum atomic E-state index is -0.209. The van der Waals surface area contributed by atoms with E-state index in [-0.39, 0.29) is 5.56 Å². The van der Waals surface area contributed by atoms with Crippen LogP contribution in [0.4, 0.5) is 0 Å². The highest BCUT2D eigenvalue weighted by molar-refractivity contribution is 5.91. The molecule has 5 nitrogen and oxygen atoms in total. The van der Waals surface area contributed by atoms with Crippen LogP contribution in [0.2, 0.25) is 0 Å². The highest BCUT2D eigenvalue weighted by Gasteiger charge is 2.13. The molecule has 108 valence electrons. The summed E-state index contributed by atoms with van der Waals surface area (Å²) in [5.41, 5.74) is 1.72. The number of methoxy groups -OCH3 is 1. The molecule has 0 spiro atoms. The molecule has 0 bridgehead atoms. The molecule has 22 heavy (non-hydrogen) atoms. The molecule has 2 N–H and O–H groups in total. The van der Waals surface area contributed by atoms with Gasteiger partial charge in [-0.05, 0) is 29.0 Å². The Morgan fingerprint density at radius 2 is 1.86 bits per heavy atom. The number of hydrogen-bond donors (Lipinski definition) is 2. The number of rotatable bonds is 2. The average molecular weight is 291 g/mol. The molecule has 2 aromatic heterocycles. The maximum absolute atomic E-state index is 11.8. The first kappa shape index (κ1) is 12.6. The zero-order valence-corrected chi connectivity index (χ0v) is 11.9. The number of aromatic amines is 2. The fourth-order valence-corrected chi connectivity index (χ4v) is 2.65. The molecule has 0 aliphatic rings. The van der Waals surface area contributed by atoms with Gasteiger partial charge in [-0.3, -0.25) is 4.79 Å². The van der Waals surface area contributed by atoms with Crippen molar-refractivity contribution in [1.29, 1.82) is 0 Å². The molecule has 4 aromatic rings. The molecule has 2 aromatic carbocycles. The summed E-state index contributed by atoms with van der Waals surface area (Å²) in [7, 11) is 1.63. The van der Waals surface area contributed by atoms with Crippen molar-refractivity contribution in [3.63, 3.8) is 0 Å². The van der Waals surface area contributed by atoms with Crippen molar-refractivity contribution in [3.05, 3.63) is 59.0 Å². The van der Waals surface area contributed by atoms with E-state index in [0.717, 1.165) is 16.3 Å². The molecule has 0 fully saturated rings. The second kappa shape index (κ2) is 4.73. The molecular formula is C17H13N3O2. The highest BCUT2D eigenvalue weighted by Crippen LogP contribution is 2.33. The summed E-state index contributed by atoms with van der Waals surface area (Å²) in [6, 6.07) is 13.8. The first-order valence-corrected chi connectivity index (χ1v) is 6.91. The predicted molar refractivity (Wildman–Crippen MR) is 86.2 cm³/mol. The molecule has 0 atom stereocenters. The molecule has 0 saturated heterocycles. The lowest BCUT2D eigenvalue weighted by molar-refractivity contribution is 0.417. The van der Waals surface area contributed by atoms with Crippen LogP contribution in [0.15, 0.2) is 53.5 Å². The van der Waals surface area contributed by atoms with Crippen molar-refractivity contribution in [3.8, 4) is 17.1 Å². The fourth-order valence-electron chi connectivity index (χ4n) is 2.65. The Kier molecular flexibility index (Phi) is 2.72. The van der Waals surface area contributed by atoms with Gasteiger partial charge in [-0.15, -0.1) is 0 Å². The largest absolute Gasteiger partial charge is 0.496 e. The van der Waals surface area contributed by atoms with E-state index in [1.807, 2.05) is 36.4 Å². The number of nitrogens with zero attached hydrogens (tertiary/aromatic N) is 1. The first-order valence-electron chi connectivity index (χ1n) is 6.91. The molecule has 0 radical (unpaired) electrons. The normalized spacial score (nSPS) is 11.1. The molecular weight excluding hydrogens is 278 g/mol. The minimum absolute atomic E-state index is 0.209.